The maximum Gasteiger partial charge on any atom is 0.0561 e. The Hall–Kier alpha value is -8.72. The second-order valence-corrected chi connectivity index (χ2v) is 21.1. The van der Waals surface area contributed by atoms with Crippen molar-refractivity contribution in [2.24, 2.45) is 0 Å². The molecular formula is C72H60N2. The third kappa shape index (κ3) is 8.17. The van der Waals surface area contributed by atoms with Gasteiger partial charge in [0.15, 0.2) is 0 Å². The summed E-state index contributed by atoms with van der Waals surface area (Å²) in [6.45, 7) is 16.1. The third-order valence-electron chi connectivity index (χ3n) is 15.4. The number of para-hydroxylation sites is 2. The monoisotopic (exact) mass is 952 g/mol. The minimum Gasteiger partial charge on any atom is -0.309 e. The Bertz CT molecular complexity index is 3770. The van der Waals surface area contributed by atoms with E-state index < -0.39 is 0 Å². The molecule has 0 radical (unpaired) electrons. The second kappa shape index (κ2) is 18.7. The molecule has 0 saturated carbocycles. The Morgan fingerprint density at radius 3 is 1.03 bits per heavy atom. The quantitative estimate of drug-likeness (QED) is 0.126. The number of hydrogen-bond donors (Lipinski definition) is 0. The van der Waals surface area contributed by atoms with Crippen LogP contribution in [-0.4, -0.2) is 0 Å². The molecule has 0 atom stereocenters. The van der Waals surface area contributed by atoms with Gasteiger partial charge in [0.05, 0.1) is 22.7 Å². The average molecular weight is 953 g/mol. The molecule has 0 fully saturated rings. The van der Waals surface area contributed by atoms with Gasteiger partial charge in [-0.05, 0) is 164 Å². The van der Waals surface area contributed by atoms with E-state index >= 15 is 0 Å². The van der Waals surface area contributed by atoms with Crippen molar-refractivity contribution in [3.63, 3.8) is 0 Å². The molecule has 0 aromatic heterocycles. The fourth-order valence-corrected chi connectivity index (χ4v) is 11.4. The summed E-state index contributed by atoms with van der Waals surface area (Å²) in [6, 6.07) is 87.9. The molecule has 12 rings (SSSR count). The largest absolute Gasteiger partial charge is 0.309 e. The SMILES string of the molecule is Cc1ccccc1N(c1cc(-c2ccccc2)cc(-c2ccccc2)c1C)c1cc(N(c2ccccc2C)c2cc(-c3ccccc3)cc(-c3ccccc3)c2C)c2ccc3cc(C(C)(C)C)cc4ccc1c2c43. The average Bonchev–Trinajstić information content (AvgIpc) is 3.43. The van der Waals surface area contributed by atoms with E-state index in [9.17, 15) is 0 Å². The highest BCUT2D eigenvalue weighted by atomic mass is 15.2. The van der Waals surface area contributed by atoms with Crippen LogP contribution in [0.15, 0.2) is 237 Å². The normalized spacial score (nSPS) is 11.7. The van der Waals surface area contributed by atoms with E-state index in [-0.39, 0.29) is 5.41 Å². The molecule has 358 valence electrons. The van der Waals surface area contributed by atoms with Crippen LogP contribution >= 0.6 is 0 Å². The molecule has 12 aromatic carbocycles. The number of anilines is 6. The van der Waals surface area contributed by atoms with E-state index in [0.29, 0.717) is 0 Å². The highest BCUT2D eigenvalue weighted by molar-refractivity contribution is 6.29. The van der Waals surface area contributed by atoms with Gasteiger partial charge < -0.3 is 9.80 Å². The minimum atomic E-state index is -0.0282. The van der Waals surface area contributed by atoms with Gasteiger partial charge in [-0.1, -0.05) is 215 Å². The second-order valence-electron chi connectivity index (χ2n) is 21.1. The number of rotatable bonds is 10. The highest BCUT2D eigenvalue weighted by Gasteiger charge is 2.29. The summed E-state index contributed by atoms with van der Waals surface area (Å²) in [5.41, 5.74) is 22.3. The van der Waals surface area contributed by atoms with E-state index in [1.165, 1.54) is 105 Å². The van der Waals surface area contributed by atoms with Gasteiger partial charge in [-0.15, -0.1) is 0 Å². The van der Waals surface area contributed by atoms with E-state index in [1.807, 2.05) is 0 Å². The lowest BCUT2D eigenvalue weighted by Gasteiger charge is -2.35. The first-order chi connectivity index (χ1) is 36.0. The number of nitrogens with zero attached hydrogens (tertiary/aromatic N) is 2. The summed E-state index contributed by atoms with van der Waals surface area (Å²) in [5, 5.41) is 7.43. The summed E-state index contributed by atoms with van der Waals surface area (Å²) in [6.07, 6.45) is 0. The van der Waals surface area contributed by atoms with Crippen molar-refractivity contribution >= 4 is 66.4 Å². The molecule has 0 heterocycles. The Morgan fingerprint density at radius 2 is 0.649 bits per heavy atom. The van der Waals surface area contributed by atoms with Crippen LogP contribution in [0.25, 0.3) is 76.8 Å². The molecule has 0 amide bonds. The molecule has 0 bridgehead atoms. The smallest absolute Gasteiger partial charge is 0.0561 e. The molecule has 74 heavy (non-hydrogen) atoms. The first-order valence-electron chi connectivity index (χ1n) is 26.0. The molecular weight excluding hydrogens is 893 g/mol. The zero-order chi connectivity index (χ0) is 50.7. The van der Waals surface area contributed by atoms with Gasteiger partial charge in [0.25, 0.3) is 0 Å². The van der Waals surface area contributed by atoms with Gasteiger partial charge in [-0.3, -0.25) is 0 Å². The van der Waals surface area contributed by atoms with Crippen LogP contribution in [0.1, 0.15) is 48.6 Å². The number of benzene rings is 12. The van der Waals surface area contributed by atoms with Crippen molar-refractivity contribution < 1.29 is 0 Å². The van der Waals surface area contributed by atoms with Gasteiger partial charge in [0.2, 0.25) is 0 Å². The Morgan fingerprint density at radius 1 is 0.284 bits per heavy atom. The van der Waals surface area contributed by atoms with E-state index in [4.69, 9.17) is 0 Å². The van der Waals surface area contributed by atoms with Crippen molar-refractivity contribution in [2.45, 2.75) is 53.9 Å². The summed E-state index contributed by atoms with van der Waals surface area (Å²) >= 11 is 0. The van der Waals surface area contributed by atoms with Crippen LogP contribution < -0.4 is 9.80 Å². The molecule has 0 N–H and O–H groups in total. The molecule has 0 aliphatic heterocycles. The molecule has 0 spiro atoms. The van der Waals surface area contributed by atoms with Gasteiger partial charge in [-0.2, -0.15) is 0 Å². The zero-order valence-electron chi connectivity index (χ0n) is 43.4. The van der Waals surface area contributed by atoms with E-state index in [2.05, 4.69) is 295 Å². The summed E-state index contributed by atoms with van der Waals surface area (Å²) in [5.74, 6) is 0. The predicted molar refractivity (Wildman–Crippen MR) is 319 cm³/mol. The van der Waals surface area contributed by atoms with Gasteiger partial charge in [-0.25, -0.2) is 0 Å². The third-order valence-corrected chi connectivity index (χ3v) is 15.4. The maximum atomic E-state index is 2.58. The highest BCUT2D eigenvalue weighted by Crippen LogP contribution is 2.54. The van der Waals surface area contributed by atoms with Crippen LogP contribution in [0.5, 0.6) is 0 Å². The Labute approximate surface area is 436 Å². The summed E-state index contributed by atoms with van der Waals surface area (Å²) < 4.78 is 0. The minimum absolute atomic E-state index is 0.0282. The van der Waals surface area contributed by atoms with Crippen molar-refractivity contribution in [3.05, 3.63) is 264 Å². The zero-order valence-corrected chi connectivity index (χ0v) is 43.4. The fraction of sp³-hybridized carbons (Fsp3) is 0.111. The summed E-state index contributed by atoms with van der Waals surface area (Å²) in [7, 11) is 0. The first kappa shape index (κ1) is 46.4. The predicted octanol–water partition coefficient (Wildman–Crippen LogP) is 20.7. The van der Waals surface area contributed by atoms with Gasteiger partial charge >= 0.3 is 0 Å². The van der Waals surface area contributed by atoms with Crippen molar-refractivity contribution in [3.8, 4) is 44.5 Å². The van der Waals surface area contributed by atoms with Crippen molar-refractivity contribution in [1.29, 1.82) is 0 Å². The maximum absolute atomic E-state index is 2.58. The van der Waals surface area contributed by atoms with Crippen LogP contribution in [0, 0.1) is 27.7 Å². The Kier molecular flexibility index (Phi) is 11.7. The van der Waals surface area contributed by atoms with E-state index in [1.54, 1.807) is 0 Å². The first-order valence-corrected chi connectivity index (χ1v) is 26.0. The molecule has 0 saturated heterocycles. The summed E-state index contributed by atoms with van der Waals surface area (Å²) in [4.78, 5) is 5.16. The van der Waals surface area contributed by atoms with Crippen molar-refractivity contribution in [1.82, 2.24) is 0 Å². The lowest BCUT2D eigenvalue weighted by Crippen LogP contribution is -2.17. The van der Waals surface area contributed by atoms with Crippen LogP contribution in [-0.2, 0) is 5.41 Å². The molecule has 2 nitrogen and oxygen atoms in total. The molecule has 12 aromatic rings. The lowest BCUT2D eigenvalue weighted by atomic mass is 9.83. The number of aryl methyl sites for hydroxylation is 2. The molecule has 0 aliphatic carbocycles. The fourth-order valence-electron chi connectivity index (χ4n) is 11.4. The lowest BCUT2D eigenvalue weighted by molar-refractivity contribution is 0.591. The Balaban J connectivity index is 1.26. The van der Waals surface area contributed by atoms with Gasteiger partial charge in [0, 0.05) is 27.5 Å². The van der Waals surface area contributed by atoms with E-state index in [0.717, 1.165) is 34.1 Å². The van der Waals surface area contributed by atoms with Crippen molar-refractivity contribution in [2.75, 3.05) is 9.80 Å². The molecule has 2 heteroatoms. The van der Waals surface area contributed by atoms with Gasteiger partial charge in [0.1, 0.15) is 0 Å². The standard InChI is InChI=1S/C72H60N2/c1-47-24-20-22-34-64(47)73(66-44-57(51-26-12-8-13-27-51)42-62(49(66)3)53-30-16-10-17-31-53)68-46-69(61-39-37-56-41-59(72(5,6)7)40-55-36-38-60(68)71(61)70(55)56)74(65-35-23-21-25-48(65)2)67-45-58(52-28-14-9-15-29-52)43-63(50(67)4)54-32-18-11-19-33-54/h8-46H,1-7H3. The van der Waals surface area contributed by atoms with Crippen LogP contribution in [0.2, 0.25) is 0 Å². The topological polar surface area (TPSA) is 6.48 Å². The van der Waals surface area contributed by atoms with Crippen LogP contribution in [0.4, 0.5) is 34.1 Å². The molecule has 0 unspecified atom stereocenters. The van der Waals surface area contributed by atoms with Crippen LogP contribution in [0.3, 0.4) is 0 Å². The molecule has 0 aliphatic rings. The number of hydrogen-bond acceptors (Lipinski definition) is 2.